The topological polar surface area (TPSA) is 42.7 Å². The van der Waals surface area contributed by atoms with Gasteiger partial charge >= 0.3 is 0 Å². The third kappa shape index (κ3) is 3.53. The zero-order chi connectivity index (χ0) is 12.1. The number of hydrogen-bond acceptors (Lipinski definition) is 3. The highest BCUT2D eigenvalue weighted by Gasteiger charge is 2.25. The van der Waals surface area contributed by atoms with Gasteiger partial charge in [-0.15, -0.1) is 5.10 Å². The SMILES string of the molecule is CCNCC(Cc1cn(C)nn1)C1CCCC1. The highest BCUT2D eigenvalue weighted by atomic mass is 15.4. The summed E-state index contributed by atoms with van der Waals surface area (Å²) in [7, 11) is 1.94. The number of aromatic nitrogens is 3. The van der Waals surface area contributed by atoms with Crippen LogP contribution in [0, 0.1) is 11.8 Å². The van der Waals surface area contributed by atoms with E-state index in [-0.39, 0.29) is 0 Å². The van der Waals surface area contributed by atoms with Crippen LogP contribution in [0.2, 0.25) is 0 Å². The van der Waals surface area contributed by atoms with E-state index in [9.17, 15) is 0 Å². The summed E-state index contributed by atoms with van der Waals surface area (Å²) in [6, 6.07) is 0. The number of nitrogens with zero attached hydrogens (tertiary/aromatic N) is 3. The van der Waals surface area contributed by atoms with Gasteiger partial charge < -0.3 is 5.32 Å². The van der Waals surface area contributed by atoms with Gasteiger partial charge in [-0.2, -0.15) is 0 Å². The van der Waals surface area contributed by atoms with E-state index in [0.29, 0.717) is 0 Å². The number of rotatable bonds is 6. The van der Waals surface area contributed by atoms with Gasteiger partial charge in [0, 0.05) is 13.2 Å². The fourth-order valence-electron chi connectivity index (χ4n) is 2.92. The van der Waals surface area contributed by atoms with Gasteiger partial charge in [-0.3, -0.25) is 4.68 Å². The molecule has 1 aliphatic rings. The Labute approximate surface area is 104 Å². The van der Waals surface area contributed by atoms with Crippen molar-refractivity contribution in [3.8, 4) is 0 Å². The van der Waals surface area contributed by atoms with Crippen molar-refractivity contribution in [2.24, 2.45) is 18.9 Å². The normalized spacial score (nSPS) is 18.7. The predicted molar refractivity (Wildman–Crippen MR) is 68.7 cm³/mol. The summed E-state index contributed by atoms with van der Waals surface area (Å²) < 4.78 is 1.80. The molecule has 4 nitrogen and oxygen atoms in total. The van der Waals surface area contributed by atoms with Crippen LogP contribution in [-0.2, 0) is 13.5 Å². The number of hydrogen-bond donors (Lipinski definition) is 1. The third-order valence-electron chi connectivity index (χ3n) is 3.84. The Hall–Kier alpha value is -0.900. The zero-order valence-corrected chi connectivity index (χ0v) is 11.0. The van der Waals surface area contributed by atoms with Crippen LogP contribution in [0.5, 0.6) is 0 Å². The van der Waals surface area contributed by atoms with Gasteiger partial charge in [0.25, 0.3) is 0 Å². The first kappa shape index (κ1) is 12.6. The molecule has 0 aliphatic heterocycles. The van der Waals surface area contributed by atoms with Gasteiger partial charge in [-0.05, 0) is 31.3 Å². The van der Waals surface area contributed by atoms with Crippen molar-refractivity contribution >= 4 is 0 Å². The largest absolute Gasteiger partial charge is 0.317 e. The van der Waals surface area contributed by atoms with Crippen LogP contribution in [0.15, 0.2) is 6.20 Å². The van der Waals surface area contributed by atoms with Crippen molar-refractivity contribution in [3.63, 3.8) is 0 Å². The van der Waals surface area contributed by atoms with Crippen LogP contribution >= 0.6 is 0 Å². The van der Waals surface area contributed by atoms with Crippen LogP contribution in [0.3, 0.4) is 0 Å². The van der Waals surface area contributed by atoms with Gasteiger partial charge in [-0.25, -0.2) is 0 Å². The molecule has 1 N–H and O–H groups in total. The molecule has 1 atom stereocenters. The van der Waals surface area contributed by atoms with E-state index in [4.69, 9.17) is 0 Å². The smallest absolute Gasteiger partial charge is 0.0830 e. The molecule has 1 saturated carbocycles. The third-order valence-corrected chi connectivity index (χ3v) is 3.84. The summed E-state index contributed by atoms with van der Waals surface area (Å²) in [5.74, 6) is 1.62. The first-order chi connectivity index (χ1) is 8.29. The van der Waals surface area contributed by atoms with Gasteiger partial charge in [0.1, 0.15) is 0 Å². The average Bonchev–Trinajstić information content (AvgIpc) is 2.95. The van der Waals surface area contributed by atoms with E-state index in [1.165, 1.54) is 25.7 Å². The summed E-state index contributed by atoms with van der Waals surface area (Å²) >= 11 is 0. The first-order valence-electron chi connectivity index (χ1n) is 6.85. The summed E-state index contributed by atoms with van der Waals surface area (Å²) in [6.07, 6.45) is 8.74. The van der Waals surface area contributed by atoms with Crippen molar-refractivity contribution in [2.75, 3.05) is 13.1 Å². The van der Waals surface area contributed by atoms with Gasteiger partial charge in [0.15, 0.2) is 0 Å². The minimum Gasteiger partial charge on any atom is -0.317 e. The van der Waals surface area contributed by atoms with Crippen LogP contribution < -0.4 is 5.32 Å². The standard InChI is InChI=1S/C13H24N4/c1-3-14-9-12(11-6-4-5-7-11)8-13-10-17(2)16-15-13/h10-12,14H,3-9H2,1-2H3. The van der Waals surface area contributed by atoms with Gasteiger partial charge in [0.2, 0.25) is 0 Å². The Kier molecular flexibility index (Phi) is 4.54. The second-order valence-corrected chi connectivity index (χ2v) is 5.20. The molecule has 1 unspecified atom stereocenters. The van der Waals surface area contributed by atoms with Crippen molar-refractivity contribution in [2.45, 2.75) is 39.0 Å². The van der Waals surface area contributed by atoms with Crippen molar-refractivity contribution in [1.29, 1.82) is 0 Å². The minimum absolute atomic E-state index is 0.731. The van der Waals surface area contributed by atoms with Crippen molar-refractivity contribution in [1.82, 2.24) is 20.3 Å². The highest BCUT2D eigenvalue weighted by Crippen LogP contribution is 2.32. The summed E-state index contributed by atoms with van der Waals surface area (Å²) in [6.45, 7) is 4.36. The molecule has 1 aromatic rings. The van der Waals surface area contributed by atoms with Gasteiger partial charge in [-0.1, -0.05) is 37.8 Å². The molecule has 0 aromatic carbocycles. The minimum atomic E-state index is 0.731. The molecule has 1 aromatic heterocycles. The molecular formula is C13H24N4. The quantitative estimate of drug-likeness (QED) is 0.818. The second kappa shape index (κ2) is 6.15. The van der Waals surface area contributed by atoms with E-state index in [2.05, 4.69) is 22.6 Å². The van der Waals surface area contributed by atoms with Crippen LogP contribution in [0.4, 0.5) is 0 Å². The molecule has 1 heterocycles. The highest BCUT2D eigenvalue weighted by molar-refractivity contribution is 4.96. The van der Waals surface area contributed by atoms with Crippen LogP contribution in [-0.4, -0.2) is 28.1 Å². The van der Waals surface area contributed by atoms with Gasteiger partial charge in [0.05, 0.1) is 5.69 Å². The zero-order valence-electron chi connectivity index (χ0n) is 11.0. The predicted octanol–water partition coefficient (Wildman–Crippen LogP) is 1.77. The maximum atomic E-state index is 4.22. The average molecular weight is 236 g/mol. The molecular weight excluding hydrogens is 212 g/mol. The maximum Gasteiger partial charge on any atom is 0.0830 e. The Morgan fingerprint density at radius 3 is 2.82 bits per heavy atom. The van der Waals surface area contributed by atoms with E-state index in [1.54, 1.807) is 4.68 Å². The molecule has 0 spiro atoms. The van der Waals surface area contributed by atoms with E-state index in [0.717, 1.165) is 37.0 Å². The fraction of sp³-hybridized carbons (Fsp3) is 0.846. The van der Waals surface area contributed by atoms with E-state index in [1.807, 2.05) is 13.2 Å². The molecule has 96 valence electrons. The maximum absolute atomic E-state index is 4.22. The summed E-state index contributed by atoms with van der Waals surface area (Å²) in [5, 5.41) is 11.7. The van der Waals surface area contributed by atoms with Crippen LogP contribution in [0.25, 0.3) is 0 Å². The molecule has 17 heavy (non-hydrogen) atoms. The fourth-order valence-corrected chi connectivity index (χ4v) is 2.92. The lowest BCUT2D eigenvalue weighted by atomic mass is 9.87. The van der Waals surface area contributed by atoms with Crippen molar-refractivity contribution in [3.05, 3.63) is 11.9 Å². The van der Waals surface area contributed by atoms with E-state index >= 15 is 0 Å². The molecule has 0 amide bonds. The molecule has 4 heteroatoms. The summed E-state index contributed by atoms with van der Waals surface area (Å²) in [5.41, 5.74) is 1.14. The molecule has 1 aliphatic carbocycles. The Morgan fingerprint density at radius 1 is 1.47 bits per heavy atom. The monoisotopic (exact) mass is 236 g/mol. The molecule has 2 rings (SSSR count). The number of aryl methyl sites for hydroxylation is 1. The van der Waals surface area contributed by atoms with Crippen molar-refractivity contribution < 1.29 is 0 Å². The Morgan fingerprint density at radius 2 is 2.24 bits per heavy atom. The first-order valence-corrected chi connectivity index (χ1v) is 6.85. The summed E-state index contributed by atoms with van der Waals surface area (Å²) in [4.78, 5) is 0. The molecule has 0 bridgehead atoms. The Balaban J connectivity index is 1.94. The lowest BCUT2D eigenvalue weighted by Crippen LogP contribution is -2.29. The molecule has 0 saturated heterocycles. The second-order valence-electron chi connectivity index (χ2n) is 5.20. The molecule has 0 radical (unpaired) electrons. The lowest BCUT2D eigenvalue weighted by Gasteiger charge is -2.22. The van der Waals surface area contributed by atoms with Crippen LogP contribution in [0.1, 0.15) is 38.3 Å². The lowest BCUT2D eigenvalue weighted by molar-refractivity contribution is 0.321. The van der Waals surface area contributed by atoms with E-state index < -0.39 is 0 Å². The Bertz CT molecular complexity index is 328. The molecule has 1 fully saturated rings. The number of nitrogens with one attached hydrogen (secondary N) is 1.